The molecule has 7 heteroatoms. The number of hydrogen-bond donors (Lipinski definition) is 3. The van der Waals surface area contributed by atoms with Gasteiger partial charge in [0.2, 0.25) is 0 Å². The highest BCUT2D eigenvalue weighted by Crippen LogP contribution is 2.37. The van der Waals surface area contributed by atoms with Gasteiger partial charge in [-0.2, -0.15) is 0 Å². The van der Waals surface area contributed by atoms with E-state index < -0.39 is 6.17 Å². The van der Waals surface area contributed by atoms with Gasteiger partial charge in [0.25, 0.3) is 0 Å². The van der Waals surface area contributed by atoms with E-state index in [1.165, 1.54) is 5.56 Å². The summed E-state index contributed by atoms with van der Waals surface area (Å²) in [5, 5.41) is 3.32. The standard InChI is InChI=1S/C14H15N5OS/c1-8-2-4-9(5-3-8)6-19-10(7-20)16-11-12(15)17-14(21)18-13(11)19/h2-5,7,10,16H,6H2,1H3,(H3,15,17,18,21). The molecule has 1 aliphatic heterocycles. The number of carbonyl (C=O) groups is 1. The lowest BCUT2D eigenvalue weighted by molar-refractivity contribution is -0.108. The molecule has 0 amide bonds. The van der Waals surface area contributed by atoms with Crippen LogP contribution in [0.15, 0.2) is 29.4 Å². The Morgan fingerprint density at radius 3 is 2.76 bits per heavy atom. The summed E-state index contributed by atoms with van der Waals surface area (Å²) >= 11 is 4.15. The summed E-state index contributed by atoms with van der Waals surface area (Å²) in [7, 11) is 0. The molecule has 3 rings (SSSR count). The van der Waals surface area contributed by atoms with Crippen LogP contribution in [0.1, 0.15) is 11.1 Å². The molecule has 0 saturated heterocycles. The second-order valence-corrected chi connectivity index (χ2v) is 5.35. The normalized spacial score (nSPS) is 16.5. The molecule has 2 aromatic rings. The molecule has 0 bridgehead atoms. The minimum atomic E-state index is -0.506. The van der Waals surface area contributed by atoms with Gasteiger partial charge in [-0.1, -0.05) is 29.8 Å². The van der Waals surface area contributed by atoms with Crippen molar-refractivity contribution in [3.05, 3.63) is 35.4 Å². The number of nitrogens with two attached hydrogens (primary N) is 1. The highest BCUT2D eigenvalue weighted by atomic mass is 32.1. The number of nitrogens with zero attached hydrogens (tertiary/aromatic N) is 3. The topological polar surface area (TPSA) is 84.1 Å². The Kier molecular flexibility index (Phi) is 3.42. The lowest BCUT2D eigenvalue weighted by atomic mass is 10.1. The molecule has 0 saturated carbocycles. The summed E-state index contributed by atoms with van der Waals surface area (Å²) in [6.45, 7) is 2.58. The highest BCUT2D eigenvalue weighted by molar-refractivity contribution is 7.80. The maximum Gasteiger partial charge on any atom is 0.188 e. The van der Waals surface area contributed by atoms with Crippen LogP contribution >= 0.6 is 12.6 Å². The second kappa shape index (κ2) is 5.25. The van der Waals surface area contributed by atoms with Gasteiger partial charge in [-0.15, -0.1) is 12.6 Å². The monoisotopic (exact) mass is 301 g/mol. The first-order valence-corrected chi connectivity index (χ1v) is 6.93. The maximum atomic E-state index is 11.3. The molecule has 108 valence electrons. The number of aromatic nitrogens is 2. The molecule has 6 nitrogen and oxygen atoms in total. The third-order valence-electron chi connectivity index (χ3n) is 3.41. The number of anilines is 3. The third-order valence-corrected chi connectivity index (χ3v) is 3.61. The van der Waals surface area contributed by atoms with Crippen molar-refractivity contribution in [2.45, 2.75) is 24.8 Å². The quantitative estimate of drug-likeness (QED) is 0.454. The van der Waals surface area contributed by atoms with Gasteiger partial charge in [0.15, 0.2) is 29.2 Å². The summed E-state index contributed by atoms with van der Waals surface area (Å²) in [5.41, 5.74) is 8.71. The van der Waals surface area contributed by atoms with Crippen LogP contribution in [-0.4, -0.2) is 22.4 Å². The molecular weight excluding hydrogens is 286 g/mol. The Bertz CT molecular complexity index is 689. The van der Waals surface area contributed by atoms with Gasteiger partial charge in [-0.05, 0) is 12.5 Å². The largest absolute Gasteiger partial charge is 0.382 e. The van der Waals surface area contributed by atoms with E-state index in [-0.39, 0.29) is 5.16 Å². The molecule has 1 atom stereocenters. The van der Waals surface area contributed by atoms with Crippen molar-refractivity contribution in [2.75, 3.05) is 16.0 Å². The van der Waals surface area contributed by atoms with Crippen molar-refractivity contribution in [1.29, 1.82) is 0 Å². The fraction of sp³-hybridized carbons (Fsp3) is 0.214. The summed E-state index contributed by atoms with van der Waals surface area (Å²) in [5.74, 6) is 0.897. The predicted molar refractivity (Wildman–Crippen MR) is 84.5 cm³/mol. The van der Waals surface area contributed by atoms with E-state index in [1.807, 2.05) is 36.1 Å². The zero-order valence-corrected chi connectivity index (χ0v) is 12.3. The van der Waals surface area contributed by atoms with E-state index in [4.69, 9.17) is 5.73 Å². The SMILES string of the molecule is Cc1ccc(CN2c3nc(S)nc(N)c3NC2C=O)cc1. The van der Waals surface area contributed by atoms with E-state index in [0.29, 0.717) is 23.9 Å². The number of hydrogen-bond acceptors (Lipinski definition) is 7. The molecule has 0 radical (unpaired) electrons. The zero-order valence-electron chi connectivity index (χ0n) is 11.4. The number of benzene rings is 1. The van der Waals surface area contributed by atoms with Crippen LogP contribution in [0.3, 0.4) is 0 Å². The second-order valence-electron chi connectivity index (χ2n) is 4.95. The van der Waals surface area contributed by atoms with Crippen molar-refractivity contribution >= 4 is 36.2 Å². The number of aryl methyl sites for hydroxylation is 1. The fourth-order valence-corrected chi connectivity index (χ4v) is 2.53. The Morgan fingerprint density at radius 1 is 1.38 bits per heavy atom. The molecule has 2 heterocycles. The first-order valence-electron chi connectivity index (χ1n) is 6.49. The van der Waals surface area contributed by atoms with Gasteiger partial charge >= 0.3 is 0 Å². The maximum absolute atomic E-state index is 11.3. The van der Waals surface area contributed by atoms with Crippen LogP contribution in [0.25, 0.3) is 0 Å². The summed E-state index contributed by atoms with van der Waals surface area (Å²) in [4.78, 5) is 21.4. The van der Waals surface area contributed by atoms with Gasteiger partial charge in [-0.3, -0.25) is 4.79 Å². The van der Waals surface area contributed by atoms with Gasteiger partial charge in [0.05, 0.1) is 0 Å². The van der Waals surface area contributed by atoms with Crippen LogP contribution in [0.5, 0.6) is 0 Å². The average molecular weight is 301 g/mol. The lowest BCUT2D eigenvalue weighted by Gasteiger charge is -2.22. The number of thiol groups is 1. The van der Waals surface area contributed by atoms with Crippen molar-refractivity contribution in [1.82, 2.24) is 9.97 Å². The van der Waals surface area contributed by atoms with Crippen molar-refractivity contribution in [3.63, 3.8) is 0 Å². The summed E-state index contributed by atoms with van der Waals surface area (Å²) < 4.78 is 0. The molecule has 0 fully saturated rings. The third kappa shape index (κ3) is 2.52. The average Bonchev–Trinajstić information content (AvgIpc) is 2.80. The van der Waals surface area contributed by atoms with Gasteiger partial charge in [-0.25, -0.2) is 9.97 Å². The molecule has 21 heavy (non-hydrogen) atoms. The van der Waals surface area contributed by atoms with E-state index in [2.05, 4.69) is 27.9 Å². The minimum Gasteiger partial charge on any atom is -0.382 e. The molecule has 3 N–H and O–H groups in total. The molecular formula is C14H15N5OS. The molecule has 0 spiro atoms. The van der Waals surface area contributed by atoms with E-state index in [0.717, 1.165) is 11.8 Å². The smallest absolute Gasteiger partial charge is 0.188 e. The Balaban J connectivity index is 1.97. The van der Waals surface area contributed by atoms with E-state index in [9.17, 15) is 4.79 Å². The van der Waals surface area contributed by atoms with Gasteiger partial charge < -0.3 is 16.0 Å². The number of aldehydes is 1. The summed E-state index contributed by atoms with van der Waals surface area (Å²) in [6, 6.07) is 8.13. The van der Waals surface area contributed by atoms with E-state index >= 15 is 0 Å². The van der Waals surface area contributed by atoms with Crippen molar-refractivity contribution < 1.29 is 4.79 Å². The molecule has 1 unspecified atom stereocenters. The van der Waals surface area contributed by atoms with Crippen molar-refractivity contribution in [2.24, 2.45) is 0 Å². The van der Waals surface area contributed by atoms with E-state index in [1.54, 1.807) is 0 Å². The predicted octanol–water partition coefficient (Wildman–Crippen LogP) is 1.61. The molecule has 0 aliphatic carbocycles. The van der Waals surface area contributed by atoms with Gasteiger partial charge in [0.1, 0.15) is 5.69 Å². The number of fused-ring (bicyclic) bond motifs is 1. The Labute approximate surface area is 127 Å². The highest BCUT2D eigenvalue weighted by Gasteiger charge is 2.32. The molecule has 1 aromatic carbocycles. The van der Waals surface area contributed by atoms with Crippen molar-refractivity contribution in [3.8, 4) is 0 Å². The van der Waals surface area contributed by atoms with Crippen LogP contribution in [0.4, 0.5) is 17.3 Å². The van der Waals surface area contributed by atoms with Crippen LogP contribution < -0.4 is 16.0 Å². The van der Waals surface area contributed by atoms with Crippen LogP contribution in [-0.2, 0) is 11.3 Å². The lowest BCUT2D eigenvalue weighted by Crippen LogP contribution is -2.36. The molecule has 1 aromatic heterocycles. The first kappa shape index (κ1) is 13.7. The fourth-order valence-electron chi connectivity index (χ4n) is 2.33. The summed E-state index contributed by atoms with van der Waals surface area (Å²) in [6.07, 6.45) is 0.320. The molecule has 1 aliphatic rings. The minimum absolute atomic E-state index is 0.286. The number of nitrogen functional groups attached to an aromatic ring is 1. The number of carbonyl (C=O) groups excluding carboxylic acids is 1. The first-order chi connectivity index (χ1) is 10.1. The van der Waals surface area contributed by atoms with Gasteiger partial charge in [0, 0.05) is 6.54 Å². The Hall–Kier alpha value is -2.28. The van der Waals surface area contributed by atoms with Crippen LogP contribution in [0, 0.1) is 6.92 Å². The Morgan fingerprint density at radius 2 is 2.10 bits per heavy atom. The number of rotatable bonds is 3. The zero-order chi connectivity index (χ0) is 15.0. The van der Waals surface area contributed by atoms with Crippen LogP contribution in [0.2, 0.25) is 0 Å². The number of nitrogens with one attached hydrogen (secondary N) is 1.